The first-order valence-electron chi connectivity index (χ1n) is 9.91. The molecule has 31 heavy (non-hydrogen) atoms. The van der Waals surface area contributed by atoms with E-state index in [1.807, 2.05) is 6.07 Å². The minimum Gasteiger partial charge on any atom is -0.483 e. The Labute approximate surface area is 177 Å². The number of carbonyl (C=O) groups excluding carboxylic acids is 2. The fourth-order valence-electron chi connectivity index (χ4n) is 3.45. The van der Waals surface area contributed by atoms with Crippen LogP contribution in [0.1, 0.15) is 12.0 Å². The van der Waals surface area contributed by atoms with E-state index in [0.717, 1.165) is 0 Å². The van der Waals surface area contributed by atoms with Crippen molar-refractivity contribution in [3.05, 3.63) is 70.5 Å². The molecule has 0 saturated heterocycles. The number of aryl methyl sites for hydroxylation is 1. The SMILES string of the molecule is O=C(CCn1cnc2ccccc2c1=O)NCCN1Cc2cc(F)ccc2OCC1=O. The van der Waals surface area contributed by atoms with Gasteiger partial charge in [0.25, 0.3) is 11.5 Å². The lowest BCUT2D eigenvalue weighted by molar-refractivity contribution is -0.133. The molecule has 0 bridgehead atoms. The van der Waals surface area contributed by atoms with E-state index in [1.54, 1.807) is 18.2 Å². The molecule has 0 spiro atoms. The minimum absolute atomic E-state index is 0.102. The Morgan fingerprint density at radius 3 is 2.87 bits per heavy atom. The third kappa shape index (κ3) is 4.71. The first kappa shape index (κ1) is 20.5. The number of para-hydroxylation sites is 1. The van der Waals surface area contributed by atoms with Crippen LogP contribution in [0, 0.1) is 5.82 Å². The number of hydrogen-bond donors (Lipinski definition) is 1. The average Bonchev–Trinajstić information content (AvgIpc) is 2.92. The van der Waals surface area contributed by atoms with Gasteiger partial charge in [0.15, 0.2) is 6.61 Å². The second-order valence-corrected chi connectivity index (χ2v) is 7.22. The van der Waals surface area contributed by atoms with E-state index in [0.29, 0.717) is 22.2 Å². The summed E-state index contributed by atoms with van der Waals surface area (Å²) in [5, 5.41) is 3.25. The molecule has 2 heterocycles. The van der Waals surface area contributed by atoms with Crippen molar-refractivity contribution < 1.29 is 18.7 Å². The number of ether oxygens (including phenoxy) is 1. The standard InChI is InChI=1S/C22H21FN4O4/c23-16-5-6-19-15(11-16)12-26(21(29)13-31-19)10-8-24-20(28)7-9-27-14-25-18-4-2-1-3-17(18)22(27)30/h1-6,11,14H,7-10,12-13H2,(H,24,28). The van der Waals surface area contributed by atoms with Crippen LogP contribution in [0.15, 0.2) is 53.6 Å². The Morgan fingerprint density at radius 1 is 1.16 bits per heavy atom. The number of hydrogen-bond acceptors (Lipinski definition) is 5. The van der Waals surface area contributed by atoms with E-state index in [4.69, 9.17) is 4.74 Å². The van der Waals surface area contributed by atoms with Crippen LogP contribution in [-0.4, -0.2) is 46.0 Å². The van der Waals surface area contributed by atoms with Gasteiger partial charge in [-0.05, 0) is 30.3 Å². The number of fused-ring (bicyclic) bond motifs is 2. The first-order chi connectivity index (χ1) is 15.0. The van der Waals surface area contributed by atoms with Crippen LogP contribution in [0.3, 0.4) is 0 Å². The van der Waals surface area contributed by atoms with E-state index in [2.05, 4.69) is 10.3 Å². The summed E-state index contributed by atoms with van der Waals surface area (Å²) in [4.78, 5) is 42.7. The van der Waals surface area contributed by atoms with E-state index >= 15 is 0 Å². The van der Waals surface area contributed by atoms with E-state index in [-0.39, 0.29) is 56.6 Å². The van der Waals surface area contributed by atoms with Crippen molar-refractivity contribution in [2.24, 2.45) is 0 Å². The molecule has 1 aliphatic rings. The summed E-state index contributed by atoms with van der Waals surface area (Å²) in [5.41, 5.74) is 1.00. The van der Waals surface area contributed by atoms with Gasteiger partial charge in [0.05, 0.1) is 17.2 Å². The normalized spacial score (nSPS) is 13.5. The van der Waals surface area contributed by atoms with Gasteiger partial charge in [0.1, 0.15) is 11.6 Å². The molecule has 1 aliphatic heterocycles. The van der Waals surface area contributed by atoms with Crippen molar-refractivity contribution in [1.82, 2.24) is 19.8 Å². The number of carbonyl (C=O) groups is 2. The summed E-state index contributed by atoms with van der Waals surface area (Å²) in [5.74, 6) is -0.399. The second kappa shape index (κ2) is 8.95. The smallest absolute Gasteiger partial charge is 0.261 e. The fraction of sp³-hybridized carbons (Fsp3) is 0.273. The number of benzene rings is 2. The Bertz CT molecular complexity index is 1190. The van der Waals surface area contributed by atoms with Gasteiger partial charge >= 0.3 is 0 Å². The van der Waals surface area contributed by atoms with Crippen molar-refractivity contribution in [2.75, 3.05) is 19.7 Å². The highest BCUT2D eigenvalue weighted by Gasteiger charge is 2.21. The van der Waals surface area contributed by atoms with E-state index in [9.17, 15) is 18.8 Å². The Balaban J connectivity index is 1.30. The predicted molar refractivity (Wildman–Crippen MR) is 111 cm³/mol. The minimum atomic E-state index is -0.400. The molecular formula is C22H21FN4O4. The van der Waals surface area contributed by atoms with Gasteiger partial charge in [-0.25, -0.2) is 9.37 Å². The molecule has 160 valence electrons. The maximum absolute atomic E-state index is 13.5. The quantitative estimate of drug-likeness (QED) is 0.647. The predicted octanol–water partition coefficient (Wildman–Crippen LogP) is 1.46. The van der Waals surface area contributed by atoms with Crippen molar-refractivity contribution >= 4 is 22.7 Å². The molecule has 9 heteroatoms. The van der Waals surface area contributed by atoms with Gasteiger partial charge < -0.3 is 15.0 Å². The molecule has 0 unspecified atom stereocenters. The molecule has 0 fully saturated rings. The van der Waals surface area contributed by atoms with Crippen LogP contribution in [0.5, 0.6) is 5.75 Å². The number of halogens is 1. The summed E-state index contributed by atoms with van der Waals surface area (Å²) in [6.07, 6.45) is 1.54. The van der Waals surface area contributed by atoms with Crippen LogP contribution in [0.2, 0.25) is 0 Å². The first-order valence-corrected chi connectivity index (χ1v) is 9.91. The molecule has 4 rings (SSSR count). The molecular weight excluding hydrogens is 403 g/mol. The van der Waals surface area contributed by atoms with Gasteiger partial charge in [0, 0.05) is 38.2 Å². The zero-order valence-electron chi connectivity index (χ0n) is 16.7. The summed E-state index contributed by atoms with van der Waals surface area (Å²) in [6.45, 7) is 0.775. The molecule has 1 N–H and O–H groups in total. The largest absolute Gasteiger partial charge is 0.483 e. The Hall–Kier alpha value is -3.75. The molecule has 0 atom stereocenters. The van der Waals surface area contributed by atoms with E-state index < -0.39 is 5.82 Å². The summed E-state index contributed by atoms with van der Waals surface area (Å²) in [6, 6.07) is 11.2. The lowest BCUT2D eigenvalue weighted by atomic mass is 10.2. The van der Waals surface area contributed by atoms with Crippen molar-refractivity contribution in [1.29, 1.82) is 0 Å². The highest BCUT2D eigenvalue weighted by atomic mass is 19.1. The Morgan fingerprint density at radius 2 is 2.00 bits per heavy atom. The number of nitrogens with zero attached hydrogens (tertiary/aromatic N) is 3. The summed E-state index contributed by atoms with van der Waals surface area (Å²) in [7, 11) is 0. The number of nitrogens with one attached hydrogen (secondary N) is 1. The fourth-order valence-corrected chi connectivity index (χ4v) is 3.45. The molecule has 0 saturated carbocycles. The van der Waals surface area contributed by atoms with Crippen LogP contribution < -0.4 is 15.6 Å². The van der Waals surface area contributed by atoms with Crippen LogP contribution in [-0.2, 0) is 22.7 Å². The van der Waals surface area contributed by atoms with Crippen molar-refractivity contribution in [3.63, 3.8) is 0 Å². The van der Waals surface area contributed by atoms with Gasteiger partial charge in [-0.3, -0.25) is 19.0 Å². The van der Waals surface area contributed by atoms with Crippen molar-refractivity contribution in [2.45, 2.75) is 19.5 Å². The van der Waals surface area contributed by atoms with Gasteiger partial charge in [0.2, 0.25) is 5.91 Å². The lowest BCUT2D eigenvalue weighted by Crippen LogP contribution is -2.39. The molecule has 2 amide bonds. The number of aromatic nitrogens is 2. The molecule has 0 aliphatic carbocycles. The maximum atomic E-state index is 13.5. The van der Waals surface area contributed by atoms with Crippen LogP contribution in [0.4, 0.5) is 4.39 Å². The van der Waals surface area contributed by atoms with Gasteiger partial charge in [-0.1, -0.05) is 12.1 Å². The van der Waals surface area contributed by atoms with Gasteiger partial charge in [-0.2, -0.15) is 0 Å². The molecule has 3 aromatic rings. The average molecular weight is 424 g/mol. The van der Waals surface area contributed by atoms with E-state index in [1.165, 1.54) is 34.0 Å². The second-order valence-electron chi connectivity index (χ2n) is 7.22. The molecule has 2 aromatic carbocycles. The Kier molecular flexibility index (Phi) is 5.92. The highest BCUT2D eigenvalue weighted by Crippen LogP contribution is 2.24. The third-order valence-electron chi connectivity index (χ3n) is 5.10. The van der Waals surface area contributed by atoms with Crippen LogP contribution in [0.25, 0.3) is 10.9 Å². The maximum Gasteiger partial charge on any atom is 0.261 e. The van der Waals surface area contributed by atoms with Crippen LogP contribution >= 0.6 is 0 Å². The summed E-state index contributed by atoms with van der Waals surface area (Å²) < 4.78 is 20.3. The zero-order valence-corrected chi connectivity index (χ0v) is 16.7. The zero-order chi connectivity index (χ0) is 21.8. The van der Waals surface area contributed by atoms with Crippen molar-refractivity contribution in [3.8, 4) is 5.75 Å². The monoisotopic (exact) mass is 424 g/mol. The number of rotatable bonds is 6. The summed E-state index contributed by atoms with van der Waals surface area (Å²) >= 11 is 0. The topological polar surface area (TPSA) is 93.5 Å². The third-order valence-corrected chi connectivity index (χ3v) is 5.10. The van der Waals surface area contributed by atoms with Gasteiger partial charge in [-0.15, -0.1) is 0 Å². The molecule has 8 nitrogen and oxygen atoms in total. The number of amides is 2. The molecule has 1 aromatic heterocycles. The molecule has 0 radical (unpaired) electrons. The lowest BCUT2D eigenvalue weighted by Gasteiger charge is -2.20. The highest BCUT2D eigenvalue weighted by molar-refractivity contribution is 5.79.